The third kappa shape index (κ3) is 2.25. The van der Waals surface area contributed by atoms with Crippen molar-refractivity contribution in [2.24, 2.45) is 0 Å². The summed E-state index contributed by atoms with van der Waals surface area (Å²) in [4.78, 5) is 14.7. The Morgan fingerprint density at radius 1 is 1.92 bits per heavy atom. The zero-order valence-electron chi connectivity index (χ0n) is 6.33. The molecule has 0 aliphatic heterocycles. The number of carbonyl (C=O) groups is 1. The largest absolute Gasteiger partial charge is 0.426 e. The maximum Gasteiger partial charge on any atom is 0.426 e. The lowest BCUT2D eigenvalue weighted by atomic mass is 10.7. The first-order valence-electron chi connectivity index (χ1n) is 3.08. The van der Waals surface area contributed by atoms with Crippen LogP contribution >= 0.6 is 11.3 Å². The number of nitrogens with zero attached hydrogens (tertiary/aromatic N) is 1. The SMILES string of the molecule is C#COC(=O)Nc1csc(C)n1. The van der Waals surface area contributed by atoms with Crippen LogP contribution < -0.4 is 5.32 Å². The fraction of sp³-hybridized carbons (Fsp3) is 0.143. The van der Waals surface area contributed by atoms with Crippen molar-refractivity contribution in [3.8, 4) is 12.5 Å². The van der Waals surface area contributed by atoms with Gasteiger partial charge in [-0.2, -0.15) is 0 Å². The van der Waals surface area contributed by atoms with E-state index < -0.39 is 6.09 Å². The molecule has 0 radical (unpaired) electrons. The summed E-state index contributed by atoms with van der Waals surface area (Å²) < 4.78 is 4.20. The topological polar surface area (TPSA) is 51.2 Å². The summed E-state index contributed by atoms with van der Waals surface area (Å²) in [6.07, 6.45) is 5.80. The maximum absolute atomic E-state index is 10.7. The quantitative estimate of drug-likeness (QED) is 0.671. The Kier molecular flexibility index (Phi) is 2.66. The van der Waals surface area contributed by atoms with Crippen LogP contribution in [0.2, 0.25) is 0 Å². The summed E-state index contributed by atoms with van der Waals surface area (Å²) in [5.74, 6) is 0.456. The minimum Gasteiger partial charge on any atom is -0.356 e. The molecule has 0 atom stereocenters. The molecular formula is C7H6N2O2S. The minimum atomic E-state index is -0.692. The molecule has 0 bridgehead atoms. The lowest BCUT2D eigenvalue weighted by molar-refractivity contribution is 0.207. The van der Waals surface area contributed by atoms with Crippen LogP contribution in [0.1, 0.15) is 5.01 Å². The van der Waals surface area contributed by atoms with Crippen LogP contribution in [0.4, 0.5) is 10.6 Å². The maximum atomic E-state index is 10.7. The van der Waals surface area contributed by atoms with E-state index in [2.05, 4.69) is 15.0 Å². The van der Waals surface area contributed by atoms with Crippen molar-refractivity contribution in [1.82, 2.24) is 4.98 Å². The first-order valence-corrected chi connectivity index (χ1v) is 3.96. The normalized spacial score (nSPS) is 8.67. The van der Waals surface area contributed by atoms with E-state index in [1.807, 2.05) is 6.92 Å². The summed E-state index contributed by atoms with van der Waals surface area (Å²) in [7, 11) is 0. The molecule has 1 aromatic rings. The van der Waals surface area contributed by atoms with Crippen LogP contribution in [0.25, 0.3) is 0 Å². The highest BCUT2D eigenvalue weighted by molar-refractivity contribution is 7.09. The second kappa shape index (κ2) is 3.74. The summed E-state index contributed by atoms with van der Waals surface area (Å²) in [6, 6.07) is 0. The number of nitrogens with one attached hydrogen (secondary N) is 1. The Labute approximate surface area is 73.6 Å². The second-order valence-corrected chi connectivity index (χ2v) is 2.95. The molecule has 4 nitrogen and oxygen atoms in total. The van der Waals surface area contributed by atoms with Crippen molar-refractivity contribution in [2.45, 2.75) is 6.92 Å². The molecule has 0 aliphatic carbocycles. The van der Waals surface area contributed by atoms with E-state index in [0.717, 1.165) is 5.01 Å². The third-order valence-electron chi connectivity index (χ3n) is 1.00. The Morgan fingerprint density at radius 2 is 2.67 bits per heavy atom. The van der Waals surface area contributed by atoms with Crippen molar-refractivity contribution in [3.05, 3.63) is 10.4 Å². The average Bonchev–Trinajstić information content (AvgIpc) is 2.36. The molecule has 0 aliphatic rings. The third-order valence-corrected chi connectivity index (χ3v) is 1.77. The molecule has 1 N–H and O–H groups in total. The molecular weight excluding hydrogens is 176 g/mol. The van der Waals surface area contributed by atoms with Crippen LogP contribution in [0.5, 0.6) is 0 Å². The molecule has 0 aromatic carbocycles. The van der Waals surface area contributed by atoms with Gasteiger partial charge in [0, 0.05) is 5.38 Å². The summed E-state index contributed by atoms with van der Waals surface area (Å²) in [6.45, 7) is 1.84. The van der Waals surface area contributed by atoms with Crippen molar-refractivity contribution in [2.75, 3.05) is 5.32 Å². The van der Waals surface area contributed by atoms with Crippen LogP contribution in [-0.4, -0.2) is 11.1 Å². The molecule has 1 rings (SSSR count). The lowest BCUT2D eigenvalue weighted by Crippen LogP contribution is -2.10. The molecule has 5 heteroatoms. The Hall–Kier alpha value is -1.54. The number of ether oxygens (including phenoxy) is 1. The highest BCUT2D eigenvalue weighted by Crippen LogP contribution is 2.12. The van der Waals surface area contributed by atoms with Gasteiger partial charge in [-0.25, -0.2) is 9.78 Å². The van der Waals surface area contributed by atoms with Crippen molar-refractivity contribution in [3.63, 3.8) is 0 Å². The van der Waals surface area contributed by atoms with E-state index in [1.165, 1.54) is 11.3 Å². The first kappa shape index (κ1) is 8.56. The number of thiazole rings is 1. The summed E-state index contributed by atoms with van der Waals surface area (Å²) >= 11 is 1.43. The van der Waals surface area contributed by atoms with E-state index >= 15 is 0 Å². The first-order chi connectivity index (χ1) is 5.72. The molecule has 62 valence electrons. The molecule has 12 heavy (non-hydrogen) atoms. The number of amides is 1. The number of terminal acetylenes is 1. The smallest absolute Gasteiger partial charge is 0.356 e. The zero-order chi connectivity index (χ0) is 8.97. The van der Waals surface area contributed by atoms with Gasteiger partial charge in [0.15, 0.2) is 0 Å². The number of hydrogen-bond acceptors (Lipinski definition) is 4. The van der Waals surface area contributed by atoms with Crippen molar-refractivity contribution >= 4 is 23.2 Å². The molecule has 1 heterocycles. The monoisotopic (exact) mass is 182 g/mol. The van der Waals surface area contributed by atoms with Gasteiger partial charge in [-0.15, -0.1) is 11.3 Å². The lowest BCUT2D eigenvalue weighted by Gasteiger charge is -1.95. The summed E-state index contributed by atoms with van der Waals surface area (Å²) in [5.41, 5.74) is 0. The van der Waals surface area contributed by atoms with Gasteiger partial charge in [-0.1, -0.05) is 6.42 Å². The number of aryl methyl sites for hydroxylation is 1. The molecule has 0 saturated carbocycles. The van der Waals surface area contributed by atoms with Gasteiger partial charge in [0.2, 0.25) is 0 Å². The predicted molar refractivity (Wildman–Crippen MR) is 45.8 cm³/mol. The van der Waals surface area contributed by atoms with Gasteiger partial charge in [-0.05, 0) is 6.92 Å². The molecule has 0 unspecified atom stereocenters. The minimum absolute atomic E-state index is 0.456. The van der Waals surface area contributed by atoms with E-state index in [4.69, 9.17) is 6.42 Å². The standard InChI is InChI=1S/C7H6N2O2S/c1-3-11-7(10)9-6-4-12-5(2)8-6/h1,4H,2H3,(H,9,10). The number of carbonyl (C=O) groups excluding carboxylic acids is 1. The number of anilines is 1. The van der Waals surface area contributed by atoms with Crippen molar-refractivity contribution in [1.29, 1.82) is 0 Å². The number of rotatable bonds is 1. The highest BCUT2D eigenvalue weighted by atomic mass is 32.1. The molecule has 1 amide bonds. The second-order valence-electron chi connectivity index (χ2n) is 1.88. The van der Waals surface area contributed by atoms with E-state index in [-0.39, 0.29) is 0 Å². The van der Waals surface area contributed by atoms with Crippen LogP contribution in [-0.2, 0) is 4.74 Å². The molecule has 0 spiro atoms. The van der Waals surface area contributed by atoms with Gasteiger partial charge >= 0.3 is 6.09 Å². The fourth-order valence-electron chi connectivity index (χ4n) is 0.604. The van der Waals surface area contributed by atoms with E-state index in [9.17, 15) is 4.79 Å². The van der Waals surface area contributed by atoms with Crippen molar-refractivity contribution < 1.29 is 9.53 Å². The predicted octanol–water partition coefficient (Wildman–Crippen LogP) is 1.59. The Morgan fingerprint density at radius 3 is 3.17 bits per heavy atom. The van der Waals surface area contributed by atoms with Gasteiger partial charge in [0.25, 0.3) is 0 Å². The van der Waals surface area contributed by atoms with Crippen LogP contribution in [0.15, 0.2) is 5.38 Å². The Balaban J connectivity index is 2.53. The number of hydrogen-bond donors (Lipinski definition) is 1. The van der Waals surface area contributed by atoms with Gasteiger partial charge in [-0.3, -0.25) is 5.32 Å². The van der Waals surface area contributed by atoms with E-state index in [1.54, 1.807) is 11.5 Å². The van der Waals surface area contributed by atoms with E-state index in [0.29, 0.717) is 5.82 Å². The Bertz CT molecular complexity index is 326. The average molecular weight is 182 g/mol. The van der Waals surface area contributed by atoms with Gasteiger partial charge < -0.3 is 4.74 Å². The fourth-order valence-corrected chi connectivity index (χ4v) is 1.15. The molecule has 0 saturated heterocycles. The van der Waals surface area contributed by atoms with Gasteiger partial charge in [0.05, 0.1) is 5.01 Å². The zero-order valence-corrected chi connectivity index (χ0v) is 7.14. The molecule has 1 aromatic heterocycles. The summed E-state index contributed by atoms with van der Waals surface area (Å²) in [5, 5.41) is 4.93. The van der Waals surface area contributed by atoms with Crippen LogP contribution in [0.3, 0.4) is 0 Å². The van der Waals surface area contributed by atoms with Crippen LogP contribution in [0, 0.1) is 19.5 Å². The van der Waals surface area contributed by atoms with Gasteiger partial charge in [0.1, 0.15) is 11.9 Å². The molecule has 0 fully saturated rings. The highest BCUT2D eigenvalue weighted by Gasteiger charge is 2.03. The number of aromatic nitrogens is 1.